The van der Waals surface area contributed by atoms with Crippen molar-refractivity contribution in [1.29, 1.82) is 0 Å². The Labute approximate surface area is 138 Å². The Hall–Kier alpha value is -3.02. The van der Waals surface area contributed by atoms with Crippen LogP contribution in [0.4, 0.5) is 0 Å². The second-order valence-corrected chi connectivity index (χ2v) is 5.55. The van der Waals surface area contributed by atoms with Crippen LogP contribution in [0.2, 0.25) is 0 Å². The van der Waals surface area contributed by atoms with Crippen LogP contribution in [0.15, 0.2) is 51.7 Å². The predicted molar refractivity (Wildman–Crippen MR) is 90.2 cm³/mol. The van der Waals surface area contributed by atoms with E-state index in [1.807, 2.05) is 37.3 Å². The fourth-order valence-electron chi connectivity index (χ4n) is 2.33. The molecule has 0 saturated carbocycles. The van der Waals surface area contributed by atoms with Crippen LogP contribution in [-0.4, -0.2) is 24.0 Å². The molecule has 3 aromatic rings. The summed E-state index contributed by atoms with van der Waals surface area (Å²) < 4.78 is 10.4. The summed E-state index contributed by atoms with van der Waals surface area (Å²) in [4.78, 5) is 25.5. The molecule has 3 rings (SSSR count). The number of H-pyrrole nitrogens is 1. The Morgan fingerprint density at radius 2 is 2.00 bits per heavy atom. The zero-order valence-electron chi connectivity index (χ0n) is 13.3. The van der Waals surface area contributed by atoms with Crippen LogP contribution in [-0.2, 0) is 11.2 Å². The smallest absolute Gasteiger partial charge is 0.417 e. The van der Waals surface area contributed by atoms with Gasteiger partial charge < -0.3 is 14.5 Å². The third-order valence-electron chi connectivity index (χ3n) is 3.61. The Balaban J connectivity index is 1.45. The molecular weight excluding hydrogens is 308 g/mol. The molecule has 0 bridgehead atoms. The number of amides is 1. The number of hydrogen-bond donors (Lipinski definition) is 2. The van der Waals surface area contributed by atoms with Gasteiger partial charge in [-0.15, -0.1) is 0 Å². The minimum absolute atomic E-state index is 0.0191. The highest BCUT2D eigenvalue weighted by Gasteiger charge is 2.05. The van der Waals surface area contributed by atoms with E-state index in [4.69, 9.17) is 9.15 Å². The number of fused-ring (bicyclic) bond motifs is 1. The van der Waals surface area contributed by atoms with Crippen LogP contribution in [0.25, 0.3) is 11.1 Å². The molecule has 6 heteroatoms. The zero-order chi connectivity index (χ0) is 16.9. The summed E-state index contributed by atoms with van der Waals surface area (Å²) in [5.74, 6) is 0.0252. The van der Waals surface area contributed by atoms with Crippen LogP contribution in [0, 0.1) is 6.92 Å². The zero-order valence-corrected chi connectivity index (χ0v) is 13.3. The second kappa shape index (κ2) is 7.04. The van der Waals surface area contributed by atoms with Crippen molar-refractivity contribution >= 4 is 17.0 Å². The minimum atomic E-state index is -0.469. The quantitative estimate of drug-likeness (QED) is 0.727. The van der Waals surface area contributed by atoms with Gasteiger partial charge in [0.1, 0.15) is 5.75 Å². The van der Waals surface area contributed by atoms with Crippen LogP contribution >= 0.6 is 0 Å². The molecule has 0 aliphatic heterocycles. The number of oxazole rings is 1. The van der Waals surface area contributed by atoms with Gasteiger partial charge in [0.25, 0.3) is 5.91 Å². The highest BCUT2D eigenvalue weighted by atomic mass is 16.5. The lowest BCUT2D eigenvalue weighted by atomic mass is 10.1. The fraction of sp³-hybridized carbons (Fsp3) is 0.222. The summed E-state index contributed by atoms with van der Waals surface area (Å²) in [6, 6.07) is 13.0. The van der Waals surface area contributed by atoms with Crippen molar-refractivity contribution in [3.05, 3.63) is 64.1 Å². The lowest BCUT2D eigenvalue weighted by Gasteiger charge is -2.08. The molecule has 0 aliphatic rings. The summed E-state index contributed by atoms with van der Waals surface area (Å²) in [6.45, 7) is 2.46. The number of hydrogen-bond acceptors (Lipinski definition) is 4. The fourth-order valence-corrected chi connectivity index (χ4v) is 2.33. The normalized spacial score (nSPS) is 10.7. The standard InChI is InChI=1S/C18H18N2O4/c1-12-2-5-14(6-3-12)23-11-17(21)19-9-8-13-4-7-15-16(10-13)24-18(22)20-15/h2-7,10H,8-9,11H2,1H3,(H,19,21)(H,20,22). The van der Waals surface area contributed by atoms with Crippen molar-refractivity contribution in [2.45, 2.75) is 13.3 Å². The van der Waals surface area contributed by atoms with Gasteiger partial charge in [-0.25, -0.2) is 4.79 Å². The second-order valence-electron chi connectivity index (χ2n) is 5.55. The number of carbonyl (C=O) groups is 1. The van der Waals surface area contributed by atoms with E-state index >= 15 is 0 Å². The predicted octanol–water partition coefficient (Wildman–Crippen LogP) is 2.17. The van der Waals surface area contributed by atoms with Crippen molar-refractivity contribution < 1.29 is 13.9 Å². The molecule has 1 amide bonds. The van der Waals surface area contributed by atoms with E-state index in [9.17, 15) is 9.59 Å². The van der Waals surface area contributed by atoms with Gasteiger partial charge >= 0.3 is 5.76 Å². The van der Waals surface area contributed by atoms with Gasteiger partial charge in [0.05, 0.1) is 5.52 Å². The summed E-state index contributed by atoms with van der Waals surface area (Å²) in [7, 11) is 0. The van der Waals surface area contributed by atoms with E-state index in [-0.39, 0.29) is 12.5 Å². The van der Waals surface area contributed by atoms with Crippen molar-refractivity contribution in [3.63, 3.8) is 0 Å². The maximum absolute atomic E-state index is 11.8. The number of ether oxygens (including phenoxy) is 1. The SMILES string of the molecule is Cc1ccc(OCC(=O)NCCc2ccc3[nH]c(=O)oc3c2)cc1. The van der Waals surface area contributed by atoms with Crippen molar-refractivity contribution in [2.24, 2.45) is 0 Å². The molecule has 0 unspecified atom stereocenters. The molecular formula is C18H18N2O4. The molecule has 0 spiro atoms. The molecule has 1 aromatic heterocycles. The molecule has 0 saturated heterocycles. The summed E-state index contributed by atoms with van der Waals surface area (Å²) >= 11 is 0. The maximum Gasteiger partial charge on any atom is 0.417 e. The first-order chi connectivity index (χ1) is 11.6. The lowest BCUT2D eigenvalue weighted by Crippen LogP contribution is -2.30. The molecule has 2 N–H and O–H groups in total. The molecule has 124 valence electrons. The summed E-state index contributed by atoms with van der Waals surface area (Å²) in [5.41, 5.74) is 3.30. The van der Waals surface area contributed by atoms with Gasteiger partial charge in [-0.1, -0.05) is 23.8 Å². The molecule has 0 fully saturated rings. The first-order valence-electron chi connectivity index (χ1n) is 7.68. The average Bonchev–Trinajstić information content (AvgIpc) is 2.93. The number of aryl methyl sites for hydroxylation is 1. The molecule has 0 atom stereocenters. The Kier molecular flexibility index (Phi) is 4.65. The number of aromatic nitrogens is 1. The Morgan fingerprint density at radius 3 is 2.79 bits per heavy atom. The van der Waals surface area contributed by atoms with Gasteiger partial charge in [0.2, 0.25) is 0 Å². The number of carbonyl (C=O) groups excluding carboxylic acids is 1. The van der Waals surface area contributed by atoms with E-state index < -0.39 is 5.76 Å². The monoisotopic (exact) mass is 326 g/mol. The van der Waals surface area contributed by atoms with E-state index in [2.05, 4.69) is 10.3 Å². The maximum atomic E-state index is 11.8. The Morgan fingerprint density at radius 1 is 1.21 bits per heavy atom. The van der Waals surface area contributed by atoms with E-state index in [0.29, 0.717) is 29.8 Å². The van der Waals surface area contributed by atoms with Gasteiger partial charge in [-0.05, 0) is 43.2 Å². The highest BCUT2D eigenvalue weighted by Crippen LogP contribution is 2.13. The van der Waals surface area contributed by atoms with Gasteiger partial charge in [-0.2, -0.15) is 0 Å². The van der Waals surface area contributed by atoms with Gasteiger partial charge in [0, 0.05) is 6.54 Å². The van der Waals surface area contributed by atoms with E-state index in [1.165, 1.54) is 0 Å². The van der Waals surface area contributed by atoms with Crippen LogP contribution in [0.1, 0.15) is 11.1 Å². The number of rotatable bonds is 6. The molecule has 6 nitrogen and oxygen atoms in total. The van der Waals surface area contributed by atoms with E-state index in [1.54, 1.807) is 12.1 Å². The van der Waals surface area contributed by atoms with Crippen LogP contribution < -0.4 is 15.8 Å². The average molecular weight is 326 g/mol. The third kappa shape index (κ3) is 4.04. The number of nitrogens with one attached hydrogen (secondary N) is 2. The highest BCUT2D eigenvalue weighted by molar-refractivity contribution is 5.77. The Bertz CT molecular complexity index is 893. The van der Waals surface area contributed by atoms with Gasteiger partial charge in [-0.3, -0.25) is 9.78 Å². The van der Waals surface area contributed by atoms with Crippen LogP contribution in [0.3, 0.4) is 0 Å². The molecule has 0 radical (unpaired) electrons. The van der Waals surface area contributed by atoms with Crippen molar-refractivity contribution in [3.8, 4) is 5.75 Å². The van der Waals surface area contributed by atoms with Crippen molar-refractivity contribution in [2.75, 3.05) is 13.2 Å². The van der Waals surface area contributed by atoms with E-state index in [0.717, 1.165) is 11.1 Å². The lowest BCUT2D eigenvalue weighted by molar-refractivity contribution is -0.123. The molecule has 0 aliphatic carbocycles. The largest absolute Gasteiger partial charge is 0.484 e. The molecule has 1 heterocycles. The summed E-state index contributed by atoms with van der Waals surface area (Å²) in [6.07, 6.45) is 0.640. The summed E-state index contributed by atoms with van der Waals surface area (Å²) in [5, 5.41) is 2.80. The first kappa shape index (κ1) is 15.9. The van der Waals surface area contributed by atoms with Crippen LogP contribution in [0.5, 0.6) is 5.75 Å². The number of aromatic amines is 1. The number of benzene rings is 2. The first-order valence-corrected chi connectivity index (χ1v) is 7.68. The van der Waals surface area contributed by atoms with Gasteiger partial charge in [0.15, 0.2) is 12.2 Å². The molecule has 2 aromatic carbocycles. The topological polar surface area (TPSA) is 84.3 Å². The third-order valence-corrected chi connectivity index (χ3v) is 3.61. The van der Waals surface area contributed by atoms with Crippen molar-refractivity contribution in [1.82, 2.24) is 10.3 Å². The minimum Gasteiger partial charge on any atom is -0.484 e. The molecule has 24 heavy (non-hydrogen) atoms.